The van der Waals surface area contributed by atoms with Gasteiger partial charge in [0, 0.05) is 6.54 Å². The molecular formula is C13H20N2O2S. The van der Waals surface area contributed by atoms with Gasteiger partial charge in [-0.1, -0.05) is 25.5 Å². The summed E-state index contributed by atoms with van der Waals surface area (Å²) in [5.41, 5.74) is 7.00. The summed E-state index contributed by atoms with van der Waals surface area (Å²) in [6.45, 7) is 2.63. The summed E-state index contributed by atoms with van der Waals surface area (Å²) < 4.78 is 26.1. The molecule has 1 atom stereocenters. The second kappa shape index (κ2) is 5.38. The van der Waals surface area contributed by atoms with E-state index in [1.165, 1.54) is 9.87 Å². The lowest BCUT2D eigenvalue weighted by atomic mass is 10.1. The standard InChI is InChI=1S/C13H20N2O2S/c1-2-4-11-6-8-12(9-7-11)18(16,17)15-10-3-5-13(15)14/h6-9,13H,2-5,10,14H2,1H3. The lowest BCUT2D eigenvalue weighted by molar-refractivity contribution is 0.396. The third kappa shape index (κ3) is 2.58. The van der Waals surface area contributed by atoms with Crippen LogP contribution in [0.25, 0.3) is 0 Å². The lowest BCUT2D eigenvalue weighted by Gasteiger charge is -2.20. The number of nitrogens with two attached hydrogens (primary N) is 1. The summed E-state index contributed by atoms with van der Waals surface area (Å²) in [6, 6.07) is 7.15. The Morgan fingerprint density at radius 1 is 1.33 bits per heavy atom. The van der Waals surface area contributed by atoms with Gasteiger partial charge in [0.2, 0.25) is 10.0 Å². The Balaban J connectivity index is 2.24. The molecule has 0 bridgehead atoms. The zero-order valence-electron chi connectivity index (χ0n) is 10.7. The number of rotatable bonds is 4. The van der Waals surface area contributed by atoms with Gasteiger partial charge in [0.05, 0.1) is 11.1 Å². The maximum absolute atomic E-state index is 12.4. The van der Waals surface area contributed by atoms with Crippen LogP contribution in [0.4, 0.5) is 0 Å². The van der Waals surface area contributed by atoms with Crippen molar-refractivity contribution in [1.29, 1.82) is 0 Å². The van der Waals surface area contributed by atoms with Gasteiger partial charge in [0.15, 0.2) is 0 Å². The van der Waals surface area contributed by atoms with Crippen LogP contribution in [0.3, 0.4) is 0 Å². The van der Waals surface area contributed by atoms with Gasteiger partial charge in [0.1, 0.15) is 0 Å². The van der Waals surface area contributed by atoms with E-state index >= 15 is 0 Å². The summed E-state index contributed by atoms with van der Waals surface area (Å²) in [5.74, 6) is 0. The van der Waals surface area contributed by atoms with E-state index in [-0.39, 0.29) is 6.17 Å². The Morgan fingerprint density at radius 2 is 2.00 bits per heavy atom. The van der Waals surface area contributed by atoms with Crippen LogP contribution >= 0.6 is 0 Å². The first-order valence-corrected chi connectivity index (χ1v) is 7.86. The molecule has 1 saturated heterocycles. The third-order valence-electron chi connectivity index (χ3n) is 3.32. The number of hydrogen-bond acceptors (Lipinski definition) is 3. The number of benzene rings is 1. The Bertz CT molecular complexity index is 496. The molecule has 1 aromatic carbocycles. The predicted octanol–water partition coefficient (Wildman–Crippen LogP) is 1.71. The van der Waals surface area contributed by atoms with Crippen LogP contribution in [-0.2, 0) is 16.4 Å². The molecule has 2 rings (SSSR count). The molecule has 100 valence electrons. The van der Waals surface area contributed by atoms with Gasteiger partial charge in [-0.3, -0.25) is 0 Å². The van der Waals surface area contributed by atoms with Gasteiger partial charge in [-0.2, -0.15) is 4.31 Å². The smallest absolute Gasteiger partial charge is 0.244 e. The summed E-state index contributed by atoms with van der Waals surface area (Å²) in [7, 11) is -3.41. The van der Waals surface area contributed by atoms with Crippen molar-refractivity contribution in [2.75, 3.05) is 6.54 Å². The fourth-order valence-electron chi connectivity index (χ4n) is 2.32. The van der Waals surface area contributed by atoms with Crippen molar-refractivity contribution in [3.63, 3.8) is 0 Å². The third-order valence-corrected chi connectivity index (χ3v) is 5.26. The highest BCUT2D eigenvalue weighted by atomic mass is 32.2. The van der Waals surface area contributed by atoms with Crippen molar-refractivity contribution >= 4 is 10.0 Å². The Labute approximate surface area is 109 Å². The Kier molecular flexibility index (Phi) is 4.04. The molecule has 2 N–H and O–H groups in total. The summed E-state index contributed by atoms with van der Waals surface area (Å²) in [4.78, 5) is 0.347. The maximum Gasteiger partial charge on any atom is 0.244 e. The van der Waals surface area contributed by atoms with Crippen molar-refractivity contribution in [1.82, 2.24) is 4.31 Å². The average molecular weight is 268 g/mol. The molecule has 1 aromatic rings. The van der Waals surface area contributed by atoms with Gasteiger partial charge in [-0.15, -0.1) is 0 Å². The first kappa shape index (κ1) is 13.5. The molecule has 1 aliphatic heterocycles. The van der Waals surface area contributed by atoms with E-state index < -0.39 is 10.0 Å². The van der Waals surface area contributed by atoms with Crippen molar-refractivity contribution < 1.29 is 8.42 Å². The Morgan fingerprint density at radius 3 is 2.50 bits per heavy atom. The number of hydrogen-bond donors (Lipinski definition) is 1. The predicted molar refractivity (Wildman–Crippen MR) is 71.5 cm³/mol. The second-order valence-electron chi connectivity index (χ2n) is 4.72. The van der Waals surface area contributed by atoms with Crippen molar-refractivity contribution in [3.8, 4) is 0 Å². The van der Waals surface area contributed by atoms with Gasteiger partial charge >= 0.3 is 0 Å². The quantitative estimate of drug-likeness (QED) is 0.904. The highest BCUT2D eigenvalue weighted by molar-refractivity contribution is 7.89. The highest BCUT2D eigenvalue weighted by Gasteiger charge is 2.32. The minimum atomic E-state index is -3.41. The van der Waals surface area contributed by atoms with E-state index in [9.17, 15) is 8.42 Å². The van der Waals surface area contributed by atoms with Crippen LogP contribution in [0, 0.1) is 0 Å². The molecule has 4 nitrogen and oxygen atoms in total. The van der Waals surface area contributed by atoms with Gasteiger partial charge in [-0.05, 0) is 37.0 Å². The zero-order valence-corrected chi connectivity index (χ0v) is 11.5. The van der Waals surface area contributed by atoms with Crippen LogP contribution in [-0.4, -0.2) is 25.4 Å². The molecule has 18 heavy (non-hydrogen) atoms. The summed E-state index contributed by atoms with van der Waals surface area (Å²) in [5, 5.41) is 0. The summed E-state index contributed by atoms with van der Waals surface area (Å²) in [6.07, 6.45) is 3.25. The number of sulfonamides is 1. The molecule has 1 fully saturated rings. The maximum atomic E-state index is 12.4. The molecule has 0 saturated carbocycles. The molecule has 1 heterocycles. The van der Waals surface area contributed by atoms with E-state index in [1.54, 1.807) is 12.1 Å². The molecule has 0 aromatic heterocycles. The minimum absolute atomic E-state index is 0.347. The molecular weight excluding hydrogens is 248 g/mol. The van der Waals surface area contributed by atoms with Crippen molar-refractivity contribution in [3.05, 3.63) is 29.8 Å². The topological polar surface area (TPSA) is 63.4 Å². The van der Waals surface area contributed by atoms with Crippen LogP contribution < -0.4 is 5.73 Å². The van der Waals surface area contributed by atoms with E-state index in [1.807, 2.05) is 12.1 Å². The lowest BCUT2D eigenvalue weighted by Crippen LogP contribution is -2.40. The fourth-order valence-corrected chi connectivity index (χ4v) is 3.90. The van der Waals surface area contributed by atoms with E-state index in [0.29, 0.717) is 11.4 Å². The average Bonchev–Trinajstić information content (AvgIpc) is 2.77. The van der Waals surface area contributed by atoms with Gasteiger partial charge < -0.3 is 5.73 Å². The summed E-state index contributed by atoms with van der Waals surface area (Å²) >= 11 is 0. The van der Waals surface area contributed by atoms with E-state index in [4.69, 9.17) is 5.73 Å². The minimum Gasteiger partial charge on any atom is -0.315 e. The second-order valence-corrected chi connectivity index (χ2v) is 6.61. The molecule has 1 aliphatic rings. The van der Waals surface area contributed by atoms with Crippen LogP contribution in [0.1, 0.15) is 31.7 Å². The largest absolute Gasteiger partial charge is 0.315 e. The molecule has 0 amide bonds. The SMILES string of the molecule is CCCc1ccc(S(=O)(=O)N2CCCC2N)cc1. The van der Waals surface area contributed by atoms with Gasteiger partial charge in [-0.25, -0.2) is 8.42 Å². The fraction of sp³-hybridized carbons (Fsp3) is 0.538. The van der Waals surface area contributed by atoms with E-state index in [0.717, 1.165) is 25.7 Å². The normalized spacial score (nSPS) is 21.3. The molecule has 0 spiro atoms. The molecule has 0 radical (unpaired) electrons. The highest BCUT2D eigenvalue weighted by Crippen LogP contribution is 2.23. The first-order chi connectivity index (χ1) is 8.55. The molecule has 1 unspecified atom stereocenters. The van der Waals surface area contributed by atoms with Crippen LogP contribution in [0.15, 0.2) is 29.2 Å². The number of nitrogens with zero attached hydrogens (tertiary/aromatic N) is 1. The van der Waals surface area contributed by atoms with Crippen molar-refractivity contribution in [2.45, 2.75) is 43.7 Å². The molecule has 0 aliphatic carbocycles. The number of aryl methyl sites for hydroxylation is 1. The monoisotopic (exact) mass is 268 g/mol. The molecule has 5 heteroatoms. The first-order valence-electron chi connectivity index (χ1n) is 6.42. The zero-order chi connectivity index (χ0) is 13.2. The van der Waals surface area contributed by atoms with Crippen molar-refractivity contribution in [2.24, 2.45) is 5.73 Å². The van der Waals surface area contributed by atoms with Gasteiger partial charge in [0.25, 0.3) is 0 Å². The van der Waals surface area contributed by atoms with Crippen LogP contribution in [0.2, 0.25) is 0 Å². The van der Waals surface area contributed by atoms with E-state index in [2.05, 4.69) is 6.92 Å². The van der Waals surface area contributed by atoms with Crippen LogP contribution in [0.5, 0.6) is 0 Å². The Hall–Kier alpha value is -0.910.